The average Bonchev–Trinajstić information content (AvgIpc) is 2.66. The standard InChI is InChI=1S/C16H23BrN2O3/c1-11-9-13(17)10-18-14(12(11)2)19-7-5-16(22-4,6-8-19)15(20)21-3/h9-11H,5-8H2,1-4H3. The van der Waals surface area contributed by atoms with Crippen molar-refractivity contribution in [3.63, 3.8) is 0 Å². The van der Waals surface area contributed by atoms with Crippen LogP contribution in [0.25, 0.3) is 0 Å². The lowest BCUT2D eigenvalue weighted by atomic mass is 9.90. The number of piperidine rings is 1. The highest BCUT2D eigenvalue weighted by Crippen LogP contribution is 2.32. The van der Waals surface area contributed by atoms with Gasteiger partial charge in [0.05, 0.1) is 7.11 Å². The third-order valence-corrected chi connectivity index (χ3v) is 5.04. The highest BCUT2D eigenvalue weighted by Gasteiger charge is 2.43. The van der Waals surface area contributed by atoms with Crippen molar-refractivity contribution < 1.29 is 14.3 Å². The Morgan fingerprint density at radius 2 is 2.05 bits per heavy atom. The molecule has 2 aliphatic heterocycles. The lowest BCUT2D eigenvalue weighted by Gasteiger charge is -2.40. The van der Waals surface area contributed by atoms with Gasteiger partial charge in [0.2, 0.25) is 0 Å². The molecule has 0 bridgehead atoms. The smallest absolute Gasteiger partial charge is 0.338 e. The molecule has 0 aliphatic carbocycles. The number of methoxy groups -OCH3 is 2. The second kappa shape index (κ2) is 6.96. The van der Waals surface area contributed by atoms with Crippen LogP contribution in [0.2, 0.25) is 0 Å². The van der Waals surface area contributed by atoms with Gasteiger partial charge in [-0.25, -0.2) is 9.79 Å². The molecule has 2 rings (SSSR count). The number of hydrogen-bond donors (Lipinski definition) is 0. The first-order chi connectivity index (χ1) is 10.4. The molecule has 6 heteroatoms. The Morgan fingerprint density at radius 3 is 2.59 bits per heavy atom. The Morgan fingerprint density at radius 1 is 1.41 bits per heavy atom. The number of allylic oxidation sites excluding steroid dienone is 3. The van der Waals surface area contributed by atoms with Gasteiger partial charge in [0, 0.05) is 43.7 Å². The lowest BCUT2D eigenvalue weighted by molar-refractivity contribution is -0.171. The zero-order chi connectivity index (χ0) is 16.3. The SMILES string of the molecule is COC(=O)C1(OC)CCN(C2=C(C)C(C)C=C(Br)C=N2)CC1. The van der Waals surface area contributed by atoms with Crippen LogP contribution in [0.4, 0.5) is 0 Å². The molecule has 22 heavy (non-hydrogen) atoms. The summed E-state index contributed by atoms with van der Waals surface area (Å²) in [6, 6.07) is 0. The van der Waals surface area contributed by atoms with Crippen LogP contribution in [0.1, 0.15) is 26.7 Å². The maximum atomic E-state index is 12.0. The van der Waals surface area contributed by atoms with Crippen molar-refractivity contribution in [3.8, 4) is 0 Å². The van der Waals surface area contributed by atoms with E-state index < -0.39 is 5.60 Å². The molecule has 1 saturated heterocycles. The predicted molar refractivity (Wildman–Crippen MR) is 89.9 cm³/mol. The van der Waals surface area contributed by atoms with Gasteiger partial charge in [0.25, 0.3) is 0 Å². The van der Waals surface area contributed by atoms with Gasteiger partial charge >= 0.3 is 5.97 Å². The first kappa shape index (κ1) is 17.2. The number of carbonyl (C=O) groups is 1. The number of esters is 1. The molecule has 1 unspecified atom stereocenters. The van der Waals surface area contributed by atoms with Gasteiger partial charge in [0.1, 0.15) is 5.82 Å². The summed E-state index contributed by atoms with van der Waals surface area (Å²) < 4.78 is 11.4. The minimum Gasteiger partial charge on any atom is -0.467 e. The first-order valence-corrected chi connectivity index (χ1v) is 8.23. The molecule has 2 aliphatic rings. The third kappa shape index (κ3) is 3.27. The molecular weight excluding hydrogens is 348 g/mol. The molecule has 0 N–H and O–H groups in total. The van der Waals surface area contributed by atoms with Crippen LogP contribution < -0.4 is 0 Å². The Hall–Kier alpha value is -1.14. The van der Waals surface area contributed by atoms with E-state index in [-0.39, 0.29) is 5.97 Å². The van der Waals surface area contributed by atoms with Gasteiger partial charge in [-0.2, -0.15) is 0 Å². The van der Waals surface area contributed by atoms with E-state index in [0.717, 1.165) is 23.4 Å². The number of nitrogens with zero attached hydrogens (tertiary/aromatic N) is 2. The minimum absolute atomic E-state index is 0.289. The fourth-order valence-electron chi connectivity index (χ4n) is 2.92. The van der Waals surface area contributed by atoms with Crippen LogP contribution in [0.15, 0.2) is 26.9 Å². The molecule has 0 aromatic carbocycles. The fraction of sp³-hybridized carbons (Fsp3) is 0.625. The second-order valence-corrected chi connectivity index (χ2v) is 6.70. The van der Waals surface area contributed by atoms with Crippen molar-refractivity contribution in [2.75, 3.05) is 27.3 Å². The molecule has 1 fully saturated rings. The zero-order valence-corrected chi connectivity index (χ0v) is 15.1. The van der Waals surface area contributed by atoms with Crippen LogP contribution in [-0.2, 0) is 14.3 Å². The number of hydrogen-bond acceptors (Lipinski definition) is 5. The van der Waals surface area contributed by atoms with Gasteiger partial charge in [-0.15, -0.1) is 0 Å². The van der Waals surface area contributed by atoms with Crippen LogP contribution in [0, 0.1) is 5.92 Å². The molecular formula is C16H23BrN2O3. The van der Waals surface area contributed by atoms with Gasteiger partial charge in [0.15, 0.2) is 5.60 Å². The topological polar surface area (TPSA) is 51.1 Å². The van der Waals surface area contributed by atoms with E-state index in [0.29, 0.717) is 18.8 Å². The van der Waals surface area contributed by atoms with Crippen molar-refractivity contribution in [1.29, 1.82) is 0 Å². The van der Waals surface area contributed by atoms with Crippen molar-refractivity contribution in [2.24, 2.45) is 10.9 Å². The summed E-state index contributed by atoms with van der Waals surface area (Å²) in [5, 5.41) is 0. The molecule has 0 spiro atoms. The summed E-state index contributed by atoms with van der Waals surface area (Å²) in [5.74, 6) is 1.02. The predicted octanol–water partition coefficient (Wildman–Crippen LogP) is 2.87. The van der Waals surface area contributed by atoms with E-state index in [4.69, 9.17) is 9.47 Å². The van der Waals surface area contributed by atoms with Crippen LogP contribution >= 0.6 is 15.9 Å². The summed E-state index contributed by atoms with van der Waals surface area (Å²) >= 11 is 3.50. The molecule has 5 nitrogen and oxygen atoms in total. The molecule has 0 aromatic rings. The molecule has 0 radical (unpaired) electrons. The molecule has 0 aromatic heterocycles. The molecule has 0 saturated carbocycles. The molecule has 0 amide bonds. The van der Waals surface area contributed by atoms with E-state index in [1.807, 2.05) is 6.21 Å². The highest BCUT2D eigenvalue weighted by molar-refractivity contribution is 9.12. The van der Waals surface area contributed by atoms with Gasteiger partial charge in [-0.3, -0.25) is 0 Å². The normalized spacial score (nSPS) is 24.9. The van der Waals surface area contributed by atoms with Crippen molar-refractivity contribution >= 4 is 28.1 Å². The quantitative estimate of drug-likeness (QED) is 0.716. The van der Waals surface area contributed by atoms with Gasteiger partial charge in [-0.05, 0) is 34.3 Å². The van der Waals surface area contributed by atoms with Crippen LogP contribution in [0.3, 0.4) is 0 Å². The van der Waals surface area contributed by atoms with Crippen molar-refractivity contribution in [2.45, 2.75) is 32.3 Å². The highest BCUT2D eigenvalue weighted by atomic mass is 79.9. The van der Waals surface area contributed by atoms with Crippen molar-refractivity contribution in [1.82, 2.24) is 4.90 Å². The number of ether oxygens (including phenoxy) is 2. The summed E-state index contributed by atoms with van der Waals surface area (Å²) in [6.07, 6.45) is 5.18. The number of aliphatic imine (C=N–C) groups is 1. The molecule has 1 atom stereocenters. The first-order valence-electron chi connectivity index (χ1n) is 7.44. The third-order valence-electron chi connectivity index (χ3n) is 4.57. The number of carbonyl (C=O) groups excluding carboxylic acids is 1. The maximum absolute atomic E-state index is 12.0. The number of likely N-dealkylation sites (tertiary alicyclic amines) is 1. The molecule has 122 valence electrons. The largest absolute Gasteiger partial charge is 0.467 e. The number of halogens is 1. The van der Waals surface area contributed by atoms with E-state index in [1.165, 1.54) is 12.7 Å². The summed E-state index contributed by atoms with van der Waals surface area (Å²) in [5.41, 5.74) is 0.409. The molecule has 2 heterocycles. The zero-order valence-electron chi connectivity index (χ0n) is 13.6. The van der Waals surface area contributed by atoms with E-state index in [9.17, 15) is 4.79 Å². The Kier molecular flexibility index (Phi) is 5.45. The summed E-state index contributed by atoms with van der Waals surface area (Å²) in [6.45, 7) is 5.70. The Bertz CT molecular complexity index is 532. The van der Waals surface area contributed by atoms with E-state index >= 15 is 0 Å². The minimum atomic E-state index is -0.821. The maximum Gasteiger partial charge on any atom is 0.338 e. The fourth-order valence-corrected chi connectivity index (χ4v) is 3.42. The monoisotopic (exact) mass is 370 g/mol. The van der Waals surface area contributed by atoms with E-state index in [1.54, 1.807) is 7.11 Å². The Labute approximate surface area is 140 Å². The van der Waals surface area contributed by atoms with Crippen LogP contribution in [-0.4, -0.2) is 50.0 Å². The number of rotatable bonds is 3. The second-order valence-electron chi connectivity index (χ2n) is 5.78. The van der Waals surface area contributed by atoms with Crippen molar-refractivity contribution in [3.05, 3.63) is 22.0 Å². The summed E-state index contributed by atoms with van der Waals surface area (Å²) in [7, 11) is 2.98. The lowest BCUT2D eigenvalue weighted by Crippen LogP contribution is -2.50. The van der Waals surface area contributed by atoms with Gasteiger partial charge in [-0.1, -0.05) is 13.0 Å². The van der Waals surface area contributed by atoms with E-state index in [2.05, 4.69) is 45.7 Å². The summed E-state index contributed by atoms with van der Waals surface area (Å²) in [4.78, 5) is 18.8. The average molecular weight is 371 g/mol. The van der Waals surface area contributed by atoms with Gasteiger partial charge < -0.3 is 14.4 Å². The Balaban J connectivity index is 2.16. The van der Waals surface area contributed by atoms with Crippen LogP contribution in [0.5, 0.6) is 0 Å².